The first-order valence-corrected chi connectivity index (χ1v) is 7.42. The minimum Gasteiger partial charge on any atom is -0.457 e. The Morgan fingerprint density at radius 2 is 1.55 bits per heavy atom. The molecule has 0 unspecified atom stereocenters. The van der Waals surface area contributed by atoms with Crippen molar-refractivity contribution < 1.29 is 4.74 Å². The van der Waals surface area contributed by atoms with Gasteiger partial charge in [0, 0.05) is 12.2 Å². The Labute approximate surface area is 131 Å². The maximum absolute atomic E-state index is 5.90. The Balaban J connectivity index is 1.66. The summed E-state index contributed by atoms with van der Waals surface area (Å²) in [6.07, 6.45) is 0. The largest absolute Gasteiger partial charge is 0.457 e. The SMILES string of the molecule is Cc1ccc(Oc2cccc(CNc3ccccc3)c2)cc1. The van der Waals surface area contributed by atoms with Crippen molar-refractivity contribution in [3.8, 4) is 11.5 Å². The lowest BCUT2D eigenvalue weighted by Gasteiger charge is -2.09. The van der Waals surface area contributed by atoms with Gasteiger partial charge in [0.15, 0.2) is 0 Å². The molecular weight excluding hydrogens is 270 g/mol. The Bertz CT molecular complexity index is 720. The molecule has 2 heteroatoms. The molecule has 3 aromatic carbocycles. The lowest BCUT2D eigenvalue weighted by atomic mass is 10.2. The van der Waals surface area contributed by atoms with Crippen LogP contribution in [0.3, 0.4) is 0 Å². The predicted molar refractivity (Wildman–Crippen MR) is 91.5 cm³/mol. The third-order valence-electron chi connectivity index (χ3n) is 3.43. The molecule has 3 rings (SSSR count). The summed E-state index contributed by atoms with van der Waals surface area (Å²) in [7, 11) is 0. The van der Waals surface area contributed by atoms with E-state index in [-0.39, 0.29) is 0 Å². The molecule has 0 amide bonds. The summed E-state index contributed by atoms with van der Waals surface area (Å²) >= 11 is 0. The molecule has 110 valence electrons. The van der Waals surface area contributed by atoms with E-state index in [0.717, 1.165) is 23.7 Å². The molecule has 0 heterocycles. The Hall–Kier alpha value is -2.74. The second-order valence-electron chi connectivity index (χ2n) is 5.28. The normalized spacial score (nSPS) is 10.2. The molecule has 0 saturated carbocycles. The molecule has 0 saturated heterocycles. The highest BCUT2D eigenvalue weighted by Gasteiger charge is 2.00. The Morgan fingerprint density at radius 1 is 0.773 bits per heavy atom. The van der Waals surface area contributed by atoms with E-state index < -0.39 is 0 Å². The average molecular weight is 289 g/mol. The first-order chi connectivity index (χ1) is 10.8. The van der Waals surface area contributed by atoms with Gasteiger partial charge in [0.1, 0.15) is 11.5 Å². The fourth-order valence-electron chi connectivity index (χ4n) is 2.22. The van der Waals surface area contributed by atoms with Crippen LogP contribution < -0.4 is 10.1 Å². The van der Waals surface area contributed by atoms with Crippen molar-refractivity contribution in [2.45, 2.75) is 13.5 Å². The zero-order valence-electron chi connectivity index (χ0n) is 12.6. The van der Waals surface area contributed by atoms with E-state index in [4.69, 9.17) is 4.74 Å². The molecule has 0 aromatic heterocycles. The summed E-state index contributed by atoms with van der Waals surface area (Å²) in [4.78, 5) is 0. The fraction of sp³-hybridized carbons (Fsp3) is 0.100. The van der Waals surface area contributed by atoms with Crippen LogP contribution in [0.25, 0.3) is 0 Å². The number of hydrogen-bond donors (Lipinski definition) is 1. The van der Waals surface area contributed by atoms with Gasteiger partial charge in [0.25, 0.3) is 0 Å². The molecular formula is C20H19NO. The fourth-order valence-corrected chi connectivity index (χ4v) is 2.22. The maximum Gasteiger partial charge on any atom is 0.127 e. The van der Waals surface area contributed by atoms with E-state index >= 15 is 0 Å². The van der Waals surface area contributed by atoms with Crippen molar-refractivity contribution in [2.75, 3.05) is 5.32 Å². The molecule has 0 aliphatic heterocycles. The number of para-hydroxylation sites is 1. The van der Waals surface area contributed by atoms with Crippen molar-refractivity contribution >= 4 is 5.69 Å². The molecule has 0 bridgehead atoms. The van der Waals surface area contributed by atoms with Gasteiger partial charge in [-0.15, -0.1) is 0 Å². The van der Waals surface area contributed by atoms with Crippen molar-refractivity contribution in [2.24, 2.45) is 0 Å². The third kappa shape index (κ3) is 3.89. The summed E-state index contributed by atoms with van der Waals surface area (Å²) < 4.78 is 5.90. The minimum absolute atomic E-state index is 0.773. The summed E-state index contributed by atoms with van der Waals surface area (Å²) in [6, 6.07) is 26.4. The van der Waals surface area contributed by atoms with E-state index in [1.54, 1.807) is 0 Å². The molecule has 0 radical (unpaired) electrons. The Morgan fingerprint density at radius 3 is 2.32 bits per heavy atom. The number of anilines is 1. The van der Waals surface area contributed by atoms with Gasteiger partial charge in [-0.1, -0.05) is 48.0 Å². The van der Waals surface area contributed by atoms with Gasteiger partial charge in [0.2, 0.25) is 0 Å². The minimum atomic E-state index is 0.773. The number of rotatable bonds is 5. The Kier molecular flexibility index (Phi) is 4.40. The lowest BCUT2D eigenvalue weighted by Crippen LogP contribution is -1.99. The van der Waals surface area contributed by atoms with Crippen LogP contribution in [0.1, 0.15) is 11.1 Å². The number of nitrogens with one attached hydrogen (secondary N) is 1. The monoisotopic (exact) mass is 289 g/mol. The number of benzene rings is 3. The third-order valence-corrected chi connectivity index (χ3v) is 3.43. The van der Waals surface area contributed by atoms with Crippen molar-refractivity contribution in [1.82, 2.24) is 0 Å². The summed E-state index contributed by atoms with van der Waals surface area (Å²) in [6.45, 7) is 2.84. The summed E-state index contributed by atoms with van der Waals surface area (Å²) in [5.74, 6) is 1.72. The van der Waals surface area contributed by atoms with Gasteiger partial charge in [-0.25, -0.2) is 0 Å². The van der Waals surface area contributed by atoms with Gasteiger partial charge in [-0.2, -0.15) is 0 Å². The van der Waals surface area contributed by atoms with Gasteiger partial charge >= 0.3 is 0 Å². The van der Waals surface area contributed by atoms with Crippen molar-refractivity contribution in [3.05, 3.63) is 90.0 Å². The van der Waals surface area contributed by atoms with Crippen LogP contribution in [-0.4, -0.2) is 0 Å². The van der Waals surface area contributed by atoms with Crippen molar-refractivity contribution in [3.63, 3.8) is 0 Å². The standard InChI is InChI=1S/C20H19NO/c1-16-10-12-19(13-11-16)22-20-9-5-6-17(14-20)15-21-18-7-3-2-4-8-18/h2-14,21H,15H2,1H3. The predicted octanol–water partition coefficient (Wildman–Crippen LogP) is 5.40. The van der Waals surface area contributed by atoms with E-state index in [1.165, 1.54) is 11.1 Å². The summed E-state index contributed by atoms with van der Waals surface area (Å²) in [5.41, 5.74) is 3.54. The summed E-state index contributed by atoms with van der Waals surface area (Å²) in [5, 5.41) is 3.40. The van der Waals surface area contributed by atoms with E-state index in [9.17, 15) is 0 Å². The van der Waals surface area contributed by atoms with E-state index in [1.807, 2.05) is 42.5 Å². The topological polar surface area (TPSA) is 21.3 Å². The van der Waals surface area contributed by atoms with Crippen LogP contribution in [0.15, 0.2) is 78.9 Å². The molecule has 22 heavy (non-hydrogen) atoms. The smallest absolute Gasteiger partial charge is 0.127 e. The number of hydrogen-bond acceptors (Lipinski definition) is 2. The first kappa shape index (κ1) is 14.2. The highest BCUT2D eigenvalue weighted by molar-refractivity contribution is 5.44. The molecule has 0 aliphatic rings. The average Bonchev–Trinajstić information content (AvgIpc) is 2.57. The zero-order valence-corrected chi connectivity index (χ0v) is 12.6. The van der Waals surface area contributed by atoms with Crippen LogP contribution in [0.5, 0.6) is 11.5 Å². The van der Waals surface area contributed by atoms with Crippen molar-refractivity contribution in [1.29, 1.82) is 0 Å². The van der Waals surface area contributed by atoms with Gasteiger partial charge in [-0.05, 0) is 48.9 Å². The maximum atomic E-state index is 5.90. The second-order valence-corrected chi connectivity index (χ2v) is 5.28. The van der Waals surface area contributed by atoms with Crippen LogP contribution in [-0.2, 0) is 6.54 Å². The van der Waals surface area contributed by atoms with E-state index in [2.05, 4.69) is 48.6 Å². The molecule has 0 spiro atoms. The van der Waals surface area contributed by atoms with Gasteiger partial charge < -0.3 is 10.1 Å². The van der Waals surface area contributed by atoms with Gasteiger partial charge in [-0.3, -0.25) is 0 Å². The van der Waals surface area contributed by atoms with Crippen LogP contribution in [0.2, 0.25) is 0 Å². The van der Waals surface area contributed by atoms with E-state index in [0.29, 0.717) is 0 Å². The molecule has 1 N–H and O–H groups in total. The molecule has 0 aliphatic carbocycles. The molecule has 0 atom stereocenters. The molecule has 2 nitrogen and oxygen atoms in total. The lowest BCUT2D eigenvalue weighted by molar-refractivity contribution is 0.482. The van der Waals surface area contributed by atoms with Crippen LogP contribution >= 0.6 is 0 Å². The molecule has 3 aromatic rings. The highest BCUT2D eigenvalue weighted by Crippen LogP contribution is 2.23. The number of aryl methyl sites for hydroxylation is 1. The van der Waals surface area contributed by atoms with Crippen LogP contribution in [0, 0.1) is 6.92 Å². The second kappa shape index (κ2) is 6.81. The number of ether oxygens (including phenoxy) is 1. The highest BCUT2D eigenvalue weighted by atomic mass is 16.5. The van der Waals surface area contributed by atoms with Gasteiger partial charge in [0.05, 0.1) is 0 Å². The zero-order chi connectivity index (χ0) is 15.2. The quantitative estimate of drug-likeness (QED) is 0.679. The first-order valence-electron chi connectivity index (χ1n) is 7.42. The van der Waals surface area contributed by atoms with Crippen LogP contribution in [0.4, 0.5) is 5.69 Å². The molecule has 0 fully saturated rings.